The van der Waals surface area contributed by atoms with E-state index >= 15 is 0 Å². The van der Waals surface area contributed by atoms with Gasteiger partial charge in [-0.3, -0.25) is 4.68 Å². The summed E-state index contributed by atoms with van der Waals surface area (Å²) in [6.45, 7) is 1.33. The molecule has 2 aromatic heterocycles. The number of rotatable bonds is 4. The molecule has 0 amide bonds. The molecule has 0 N–H and O–H groups in total. The maximum Gasteiger partial charge on any atom is 0.252 e. The molecule has 2 fully saturated rings. The molecule has 5 nitrogen and oxygen atoms in total. The van der Waals surface area contributed by atoms with E-state index in [-0.39, 0.29) is 24.8 Å². The first-order chi connectivity index (χ1) is 12.0. The number of hydrogen-bond donors (Lipinski definition) is 0. The molecule has 3 heterocycles. The van der Waals surface area contributed by atoms with Crippen molar-refractivity contribution in [2.24, 2.45) is 0 Å². The van der Waals surface area contributed by atoms with Crippen LogP contribution in [-0.2, 0) is 4.74 Å². The Labute approximate surface area is 148 Å². The van der Waals surface area contributed by atoms with Crippen LogP contribution in [0.1, 0.15) is 43.3 Å². The highest BCUT2D eigenvalue weighted by Gasteiger charge is 2.47. The molecule has 1 aliphatic heterocycles. The summed E-state index contributed by atoms with van der Waals surface area (Å²) in [7, 11) is 0. The molecule has 0 radical (unpaired) electrons. The minimum atomic E-state index is -2.59. The van der Waals surface area contributed by atoms with Crippen molar-refractivity contribution in [3.05, 3.63) is 35.4 Å². The van der Waals surface area contributed by atoms with Crippen LogP contribution in [0.4, 0.5) is 8.78 Å². The quantitative estimate of drug-likeness (QED) is 0.740. The standard InChI is InChI=1S/C17H18ClF2N3O2/c18-15-7-13(1-4-21-15)25-14-10-23(12-8-17(19,20)9-12)22-16(14)11-2-5-24-6-3-11/h1,4,7,10-12H,2-3,5-6,8-9H2. The van der Waals surface area contributed by atoms with Crippen LogP contribution in [0.5, 0.6) is 11.5 Å². The van der Waals surface area contributed by atoms with E-state index in [4.69, 9.17) is 21.1 Å². The number of alkyl halides is 2. The van der Waals surface area contributed by atoms with Gasteiger partial charge in [0, 0.05) is 44.2 Å². The number of hydrogen-bond acceptors (Lipinski definition) is 4. The van der Waals surface area contributed by atoms with E-state index in [1.165, 1.54) is 0 Å². The second-order valence-corrected chi connectivity index (χ2v) is 6.97. The molecule has 4 rings (SSSR count). The molecule has 2 aromatic rings. The smallest absolute Gasteiger partial charge is 0.252 e. The fraction of sp³-hybridized carbons (Fsp3) is 0.529. The van der Waals surface area contributed by atoms with Gasteiger partial charge in [0.25, 0.3) is 5.92 Å². The van der Waals surface area contributed by atoms with Crippen LogP contribution in [0.25, 0.3) is 0 Å². The maximum absolute atomic E-state index is 13.2. The first kappa shape index (κ1) is 16.7. The minimum Gasteiger partial charge on any atom is -0.454 e. The zero-order valence-corrected chi connectivity index (χ0v) is 14.3. The Kier molecular flexibility index (Phi) is 4.37. The molecule has 2 aliphatic rings. The van der Waals surface area contributed by atoms with Crippen LogP contribution in [-0.4, -0.2) is 33.9 Å². The van der Waals surface area contributed by atoms with E-state index in [9.17, 15) is 8.78 Å². The molecule has 25 heavy (non-hydrogen) atoms. The largest absolute Gasteiger partial charge is 0.454 e. The van der Waals surface area contributed by atoms with Gasteiger partial charge in [0.1, 0.15) is 16.6 Å². The Bertz CT molecular complexity index is 754. The Morgan fingerprint density at radius 1 is 1.28 bits per heavy atom. The summed E-state index contributed by atoms with van der Waals surface area (Å²) in [5.41, 5.74) is 0.798. The van der Waals surface area contributed by atoms with E-state index in [0.29, 0.717) is 29.9 Å². The lowest BCUT2D eigenvalue weighted by molar-refractivity contribution is -0.107. The van der Waals surface area contributed by atoms with Crippen LogP contribution in [0.15, 0.2) is 24.5 Å². The van der Waals surface area contributed by atoms with Gasteiger partial charge < -0.3 is 9.47 Å². The number of halogens is 3. The van der Waals surface area contributed by atoms with Crippen LogP contribution < -0.4 is 4.74 Å². The SMILES string of the molecule is FC1(F)CC(n2cc(Oc3ccnc(Cl)c3)c(C3CCOCC3)n2)C1. The molecule has 0 unspecified atom stereocenters. The summed E-state index contributed by atoms with van der Waals surface area (Å²) >= 11 is 5.91. The molecule has 0 atom stereocenters. The number of aromatic nitrogens is 3. The van der Waals surface area contributed by atoms with Crippen molar-refractivity contribution in [1.29, 1.82) is 0 Å². The van der Waals surface area contributed by atoms with Gasteiger partial charge in [-0.25, -0.2) is 13.8 Å². The molecule has 1 saturated carbocycles. The third-order valence-electron chi connectivity index (χ3n) is 4.70. The van der Waals surface area contributed by atoms with Gasteiger partial charge in [-0.1, -0.05) is 11.6 Å². The third-order valence-corrected chi connectivity index (χ3v) is 4.91. The summed E-state index contributed by atoms with van der Waals surface area (Å²) in [5, 5.41) is 4.92. The normalized spacial score (nSPS) is 21.1. The number of pyridine rings is 1. The highest BCUT2D eigenvalue weighted by Crippen LogP contribution is 2.46. The summed E-state index contributed by atoms with van der Waals surface area (Å²) in [5.74, 6) is -1.26. The van der Waals surface area contributed by atoms with Crippen LogP contribution in [0.3, 0.4) is 0 Å². The Morgan fingerprint density at radius 3 is 2.72 bits per heavy atom. The maximum atomic E-state index is 13.2. The lowest BCUT2D eigenvalue weighted by Crippen LogP contribution is -2.37. The van der Waals surface area contributed by atoms with Gasteiger partial charge in [0.15, 0.2) is 5.75 Å². The predicted octanol–water partition coefficient (Wildman–Crippen LogP) is 4.59. The van der Waals surface area contributed by atoms with E-state index in [1.807, 2.05) is 0 Å². The molecular formula is C17H18ClF2N3O2. The zero-order chi connectivity index (χ0) is 17.4. The van der Waals surface area contributed by atoms with Crippen molar-refractivity contribution in [2.75, 3.05) is 13.2 Å². The molecule has 0 spiro atoms. The highest BCUT2D eigenvalue weighted by molar-refractivity contribution is 6.29. The van der Waals surface area contributed by atoms with Crippen molar-refractivity contribution >= 4 is 11.6 Å². The fourth-order valence-corrected chi connectivity index (χ4v) is 3.46. The molecule has 8 heteroatoms. The predicted molar refractivity (Wildman–Crippen MR) is 87.6 cm³/mol. The minimum absolute atomic E-state index is 0.178. The fourth-order valence-electron chi connectivity index (χ4n) is 3.30. The van der Waals surface area contributed by atoms with E-state index < -0.39 is 5.92 Å². The van der Waals surface area contributed by atoms with Gasteiger partial charge >= 0.3 is 0 Å². The summed E-state index contributed by atoms with van der Waals surface area (Å²) in [6.07, 6.45) is 4.60. The first-order valence-corrected chi connectivity index (χ1v) is 8.72. The average Bonchev–Trinajstić information content (AvgIpc) is 2.97. The monoisotopic (exact) mass is 369 g/mol. The second-order valence-electron chi connectivity index (χ2n) is 6.58. The molecular weight excluding hydrogens is 352 g/mol. The van der Waals surface area contributed by atoms with Gasteiger partial charge in [-0.15, -0.1) is 0 Å². The van der Waals surface area contributed by atoms with Crippen LogP contribution in [0, 0.1) is 0 Å². The average molecular weight is 370 g/mol. The van der Waals surface area contributed by atoms with Gasteiger partial charge in [-0.05, 0) is 18.9 Å². The summed E-state index contributed by atoms with van der Waals surface area (Å²) in [6, 6.07) is 3.03. The van der Waals surface area contributed by atoms with Crippen LogP contribution >= 0.6 is 11.6 Å². The molecule has 1 saturated heterocycles. The van der Waals surface area contributed by atoms with Gasteiger partial charge in [-0.2, -0.15) is 5.10 Å². The number of nitrogens with zero attached hydrogens (tertiary/aromatic N) is 3. The zero-order valence-electron chi connectivity index (χ0n) is 13.5. The first-order valence-electron chi connectivity index (χ1n) is 8.34. The Hall–Kier alpha value is -1.73. The molecule has 0 aromatic carbocycles. The van der Waals surface area contributed by atoms with Crippen molar-refractivity contribution in [3.63, 3.8) is 0 Å². The van der Waals surface area contributed by atoms with E-state index in [1.54, 1.807) is 29.2 Å². The Morgan fingerprint density at radius 2 is 2.04 bits per heavy atom. The van der Waals surface area contributed by atoms with Gasteiger partial charge in [0.05, 0.1) is 12.2 Å². The Balaban J connectivity index is 1.61. The lowest BCUT2D eigenvalue weighted by atomic mass is 9.88. The van der Waals surface area contributed by atoms with Crippen molar-refractivity contribution in [2.45, 2.75) is 43.6 Å². The van der Waals surface area contributed by atoms with Crippen molar-refractivity contribution in [3.8, 4) is 11.5 Å². The number of ether oxygens (including phenoxy) is 2. The second kappa shape index (κ2) is 6.53. The van der Waals surface area contributed by atoms with Crippen molar-refractivity contribution < 1.29 is 18.3 Å². The third kappa shape index (κ3) is 3.62. The molecule has 134 valence electrons. The molecule has 0 bridgehead atoms. The van der Waals surface area contributed by atoms with Gasteiger partial charge in [0.2, 0.25) is 0 Å². The summed E-state index contributed by atoms with van der Waals surface area (Å²) < 4.78 is 39.4. The van der Waals surface area contributed by atoms with E-state index in [0.717, 1.165) is 18.5 Å². The topological polar surface area (TPSA) is 49.2 Å². The van der Waals surface area contributed by atoms with Crippen LogP contribution in [0.2, 0.25) is 5.15 Å². The highest BCUT2D eigenvalue weighted by atomic mass is 35.5. The van der Waals surface area contributed by atoms with Crippen molar-refractivity contribution in [1.82, 2.24) is 14.8 Å². The van der Waals surface area contributed by atoms with E-state index in [2.05, 4.69) is 10.1 Å². The molecule has 1 aliphatic carbocycles. The summed E-state index contributed by atoms with van der Waals surface area (Å²) in [4.78, 5) is 3.93. The lowest BCUT2D eigenvalue weighted by Gasteiger charge is -2.34.